The first-order valence-electron chi connectivity index (χ1n) is 6.82. The van der Waals surface area contributed by atoms with E-state index in [-0.39, 0.29) is 11.1 Å². The number of hydrogen-bond donors (Lipinski definition) is 1. The molecule has 0 aliphatic rings. The summed E-state index contributed by atoms with van der Waals surface area (Å²) in [6.07, 6.45) is -5.91. The van der Waals surface area contributed by atoms with Crippen LogP contribution in [0, 0.1) is 13.8 Å². The molecule has 0 aliphatic carbocycles. The fourth-order valence-corrected chi connectivity index (χ4v) is 2.65. The van der Waals surface area contributed by atoms with Gasteiger partial charge in [-0.05, 0) is 36.1 Å². The Hall–Kier alpha value is -1.95. The predicted molar refractivity (Wildman–Crippen MR) is 76.4 cm³/mol. The van der Waals surface area contributed by atoms with Crippen molar-refractivity contribution >= 4 is 0 Å². The van der Waals surface area contributed by atoms with Crippen molar-refractivity contribution < 1.29 is 27.1 Å². The van der Waals surface area contributed by atoms with E-state index in [9.17, 15) is 27.1 Å². The molecule has 0 radical (unpaired) electrons. The molecule has 2 aromatic carbocycles. The standard InChI is InChI=1S/C17H15F5O/c1-11-7-3-5-9-13(11)15(23,16(18,19)17(20,21)22)14-10-6-4-8-12(14)2/h3-10,23H,1-2H3. The zero-order chi connectivity index (χ0) is 17.5. The van der Waals surface area contributed by atoms with E-state index in [1.165, 1.54) is 50.2 Å². The Labute approximate surface area is 130 Å². The second-order valence-electron chi connectivity index (χ2n) is 5.41. The number of aryl methyl sites for hydroxylation is 2. The first-order valence-corrected chi connectivity index (χ1v) is 6.82. The third-order valence-electron chi connectivity index (χ3n) is 3.88. The Kier molecular flexibility index (Phi) is 4.24. The van der Waals surface area contributed by atoms with Crippen LogP contribution >= 0.6 is 0 Å². The minimum absolute atomic E-state index is 0.141. The van der Waals surface area contributed by atoms with Crippen LogP contribution in [-0.2, 0) is 5.60 Å². The molecule has 0 aromatic heterocycles. The quantitative estimate of drug-likeness (QED) is 0.806. The van der Waals surface area contributed by atoms with E-state index in [1.54, 1.807) is 0 Å². The zero-order valence-corrected chi connectivity index (χ0v) is 12.5. The number of hydrogen-bond acceptors (Lipinski definition) is 1. The molecule has 0 spiro atoms. The van der Waals surface area contributed by atoms with Crippen molar-refractivity contribution in [1.82, 2.24) is 0 Å². The van der Waals surface area contributed by atoms with Crippen molar-refractivity contribution in [2.75, 3.05) is 0 Å². The Morgan fingerprint density at radius 2 is 1.04 bits per heavy atom. The fourth-order valence-electron chi connectivity index (χ4n) is 2.65. The number of alkyl halides is 5. The summed E-state index contributed by atoms with van der Waals surface area (Å²) in [5.41, 5.74) is -4.18. The van der Waals surface area contributed by atoms with Crippen LogP contribution in [0.3, 0.4) is 0 Å². The van der Waals surface area contributed by atoms with Crippen LogP contribution in [0.4, 0.5) is 22.0 Å². The molecule has 2 rings (SSSR count). The molecule has 0 saturated heterocycles. The Balaban J connectivity index is 2.87. The van der Waals surface area contributed by atoms with Crippen molar-refractivity contribution in [2.24, 2.45) is 0 Å². The van der Waals surface area contributed by atoms with E-state index in [4.69, 9.17) is 0 Å². The molecule has 0 saturated carbocycles. The molecular formula is C17H15F5O. The highest BCUT2D eigenvalue weighted by Crippen LogP contribution is 2.52. The molecule has 0 heterocycles. The molecule has 0 aliphatic heterocycles. The molecule has 1 N–H and O–H groups in total. The van der Waals surface area contributed by atoms with Gasteiger partial charge in [0.2, 0.25) is 0 Å². The summed E-state index contributed by atoms with van der Waals surface area (Å²) < 4.78 is 67.8. The van der Waals surface area contributed by atoms with Crippen molar-refractivity contribution in [2.45, 2.75) is 31.5 Å². The average molecular weight is 330 g/mol. The fraction of sp³-hybridized carbons (Fsp3) is 0.294. The highest BCUT2D eigenvalue weighted by molar-refractivity contribution is 5.46. The highest BCUT2D eigenvalue weighted by Gasteiger charge is 2.71. The van der Waals surface area contributed by atoms with E-state index in [2.05, 4.69) is 0 Å². The van der Waals surface area contributed by atoms with Gasteiger partial charge in [-0.15, -0.1) is 0 Å². The first-order chi connectivity index (χ1) is 10.5. The summed E-state index contributed by atoms with van der Waals surface area (Å²) in [7, 11) is 0. The third-order valence-corrected chi connectivity index (χ3v) is 3.88. The van der Waals surface area contributed by atoms with Gasteiger partial charge in [-0.25, -0.2) is 0 Å². The lowest BCUT2D eigenvalue weighted by molar-refractivity contribution is -0.336. The van der Waals surface area contributed by atoms with E-state index in [0.717, 1.165) is 12.1 Å². The van der Waals surface area contributed by atoms with Gasteiger partial charge in [0.05, 0.1) is 0 Å². The Bertz CT molecular complexity index is 661. The van der Waals surface area contributed by atoms with E-state index in [0.29, 0.717) is 0 Å². The maximum Gasteiger partial charge on any atom is 0.457 e. The number of aliphatic hydroxyl groups is 1. The second-order valence-corrected chi connectivity index (χ2v) is 5.41. The van der Waals surface area contributed by atoms with E-state index in [1.807, 2.05) is 0 Å². The van der Waals surface area contributed by atoms with Crippen molar-refractivity contribution in [3.05, 3.63) is 70.8 Å². The van der Waals surface area contributed by atoms with Gasteiger partial charge in [0.25, 0.3) is 0 Å². The molecule has 2 aromatic rings. The van der Waals surface area contributed by atoms with Gasteiger partial charge >= 0.3 is 12.1 Å². The maximum atomic E-state index is 14.3. The van der Waals surface area contributed by atoms with Crippen LogP contribution in [0.5, 0.6) is 0 Å². The maximum absolute atomic E-state index is 14.3. The summed E-state index contributed by atoms with van der Waals surface area (Å²) in [5.74, 6) is -5.36. The molecule has 23 heavy (non-hydrogen) atoms. The minimum atomic E-state index is -5.91. The predicted octanol–water partition coefficient (Wildman–Crippen LogP) is 4.74. The summed E-state index contributed by atoms with van der Waals surface area (Å²) in [5, 5.41) is 10.7. The van der Waals surface area contributed by atoms with Crippen LogP contribution in [0.1, 0.15) is 22.3 Å². The van der Waals surface area contributed by atoms with Crippen LogP contribution in [0.2, 0.25) is 0 Å². The van der Waals surface area contributed by atoms with Gasteiger partial charge < -0.3 is 5.11 Å². The second kappa shape index (κ2) is 5.60. The summed E-state index contributed by atoms with van der Waals surface area (Å²) in [6, 6.07) is 10.6. The summed E-state index contributed by atoms with van der Waals surface area (Å²) >= 11 is 0. The number of halogens is 5. The molecule has 0 amide bonds. The monoisotopic (exact) mass is 330 g/mol. The molecule has 124 valence electrons. The molecule has 1 nitrogen and oxygen atoms in total. The van der Waals surface area contributed by atoms with Crippen molar-refractivity contribution in [3.63, 3.8) is 0 Å². The highest BCUT2D eigenvalue weighted by atomic mass is 19.4. The first kappa shape index (κ1) is 17.4. The normalized spacial score (nSPS) is 13.2. The van der Waals surface area contributed by atoms with Crippen LogP contribution in [0.15, 0.2) is 48.5 Å². The largest absolute Gasteiger partial charge is 0.457 e. The molecular weight excluding hydrogens is 315 g/mol. The summed E-state index contributed by atoms with van der Waals surface area (Å²) in [4.78, 5) is 0. The lowest BCUT2D eigenvalue weighted by Gasteiger charge is -2.39. The lowest BCUT2D eigenvalue weighted by atomic mass is 9.77. The zero-order valence-electron chi connectivity index (χ0n) is 12.5. The number of rotatable bonds is 3. The molecule has 6 heteroatoms. The third kappa shape index (κ3) is 2.61. The Morgan fingerprint density at radius 1 is 0.696 bits per heavy atom. The molecule has 0 bridgehead atoms. The van der Waals surface area contributed by atoms with Crippen LogP contribution < -0.4 is 0 Å². The number of benzene rings is 2. The van der Waals surface area contributed by atoms with Crippen molar-refractivity contribution in [1.29, 1.82) is 0 Å². The van der Waals surface area contributed by atoms with Crippen molar-refractivity contribution in [3.8, 4) is 0 Å². The minimum Gasteiger partial charge on any atom is -0.374 e. The van der Waals surface area contributed by atoms with Gasteiger partial charge in [0.1, 0.15) is 0 Å². The average Bonchev–Trinajstić information content (AvgIpc) is 2.46. The summed E-state index contributed by atoms with van der Waals surface area (Å²) in [6.45, 7) is 2.76. The van der Waals surface area contributed by atoms with Gasteiger partial charge in [-0.2, -0.15) is 22.0 Å². The molecule has 0 atom stereocenters. The van der Waals surface area contributed by atoms with Crippen LogP contribution in [-0.4, -0.2) is 17.2 Å². The molecule has 0 fully saturated rings. The SMILES string of the molecule is Cc1ccccc1C(O)(c1ccccc1C)C(F)(F)C(F)(F)F. The van der Waals surface area contributed by atoms with E-state index >= 15 is 0 Å². The van der Waals surface area contributed by atoms with Crippen LogP contribution in [0.25, 0.3) is 0 Å². The van der Waals surface area contributed by atoms with Gasteiger partial charge in [-0.1, -0.05) is 48.5 Å². The van der Waals surface area contributed by atoms with E-state index < -0.39 is 28.8 Å². The topological polar surface area (TPSA) is 20.2 Å². The smallest absolute Gasteiger partial charge is 0.374 e. The lowest BCUT2D eigenvalue weighted by Crippen LogP contribution is -2.56. The van der Waals surface area contributed by atoms with Gasteiger partial charge in [0, 0.05) is 0 Å². The van der Waals surface area contributed by atoms with Gasteiger partial charge in [-0.3, -0.25) is 0 Å². The van der Waals surface area contributed by atoms with Gasteiger partial charge in [0.15, 0.2) is 5.60 Å². The molecule has 0 unspecified atom stereocenters. The Morgan fingerprint density at radius 3 is 1.35 bits per heavy atom.